The van der Waals surface area contributed by atoms with Crippen molar-refractivity contribution >= 4 is 23.8 Å². The Hall–Kier alpha value is -1.97. The van der Waals surface area contributed by atoms with Crippen molar-refractivity contribution < 1.29 is 41.9 Å². The SMILES string of the molecule is CCCCc1cccc(CCCC)c1N=Cc1cccc(C=Nc2c(CCCC)cccc2CCCC)n1.[Cl-].[Cl-].[Fe+2]. The minimum Gasteiger partial charge on any atom is -1.00 e. The molecule has 3 aromatic rings. The predicted molar refractivity (Wildman–Crippen MR) is 166 cm³/mol. The first-order valence-electron chi connectivity index (χ1n) is 15.0. The fourth-order valence-corrected chi connectivity index (χ4v) is 4.77. The van der Waals surface area contributed by atoms with Crippen molar-refractivity contribution in [3.8, 4) is 0 Å². The summed E-state index contributed by atoms with van der Waals surface area (Å²) in [5.74, 6) is 0. The molecule has 0 spiro atoms. The summed E-state index contributed by atoms with van der Waals surface area (Å²) < 4.78 is 0. The summed E-state index contributed by atoms with van der Waals surface area (Å²) in [5.41, 5.74) is 9.39. The van der Waals surface area contributed by atoms with E-state index >= 15 is 0 Å². The molecule has 224 valence electrons. The van der Waals surface area contributed by atoms with Crippen LogP contribution in [0.5, 0.6) is 0 Å². The topological polar surface area (TPSA) is 37.6 Å². The Bertz CT molecular complexity index is 1050. The zero-order valence-electron chi connectivity index (χ0n) is 25.3. The molecule has 0 saturated heterocycles. The van der Waals surface area contributed by atoms with Crippen LogP contribution in [0.4, 0.5) is 11.4 Å². The van der Waals surface area contributed by atoms with Crippen molar-refractivity contribution in [3.63, 3.8) is 0 Å². The van der Waals surface area contributed by atoms with Crippen molar-refractivity contribution in [3.05, 3.63) is 88.2 Å². The second kappa shape index (κ2) is 22.6. The number of hydrogen-bond acceptors (Lipinski definition) is 3. The molecule has 0 bridgehead atoms. The first kappa shape index (κ1) is 39.0. The molecular formula is C35H47Cl2FeN3. The number of para-hydroxylation sites is 2. The van der Waals surface area contributed by atoms with Crippen LogP contribution in [0.1, 0.15) is 113 Å². The van der Waals surface area contributed by atoms with E-state index in [4.69, 9.17) is 15.0 Å². The predicted octanol–water partition coefficient (Wildman–Crippen LogP) is 3.96. The standard InChI is InChI=1S/C35H47N3.2ClH.Fe/c1-5-9-16-28-20-13-21-29(17-10-6-2)34(28)36-26-32-24-15-25-33(38-32)27-37-35-30(18-11-7-3)22-14-23-31(35)19-12-8-4;;;/h13-15,20-27H,5-12,16-19H2,1-4H3;2*1H;/q;;;+2/p-2. The van der Waals surface area contributed by atoms with E-state index in [9.17, 15) is 0 Å². The molecule has 3 nitrogen and oxygen atoms in total. The van der Waals surface area contributed by atoms with E-state index in [0.717, 1.165) is 48.4 Å². The van der Waals surface area contributed by atoms with Crippen molar-refractivity contribution in [2.24, 2.45) is 9.98 Å². The third kappa shape index (κ3) is 12.8. The van der Waals surface area contributed by atoms with Gasteiger partial charge >= 0.3 is 17.1 Å². The van der Waals surface area contributed by atoms with Gasteiger partial charge in [-0.3, -0.25) is 9.98 Å². The zero-order valence-corrected chi connectivity index (χ0v) is 27.9. The molecule has 6 heteroatoms. The van der Waals surface area contributed by atoms with E-state index in [1.165, 1.54) is 73.6 Å². The molecule has 2 aromatic carbocycles. The number of aliphatic imine (C=N–C) groups is 2. The molecule has 0 aliphatic carbocycles. The second-order valence-corrected chi connectivity index (χ2v) is 10.3. The van der Waals surface area contributed by atoms with E-state index in [1.807, 2.05) is 24.6 Å². The molecule has 3 rings (SSSR count). The molecule has 0 aliphatic heterocycles. The second-order valence-electron chi connectivity index (χ2n) is 10.3. The maximum atomic E-state index is 5.01. The molecular weight excluding hydrogens is 589 g/mol. The average Bonchev–Trinajstić information content (AvgIpc) is 2.95. The third-order valence-electron chi connectivity index (χ3n) is 7.05. The Kier molecular flexibility index (Phi) is 21.5. The number of aryl methyl sites for hydroxylation is 4. The maximum absolute atomic E-state index is 5.01. The smallest absolute Gasteiger partial charge is 1.00 e. The third-order valence-corrected chi connectivity index (χ3v) is 7.05. The molecule has 1 aromatic heterocycles. The van der Waals surface area contributed by atoms with E-state index in [0.29, 0.717) is 0 Å². The van der Waals surface area contributed by atoms with Crippen molar-refractivity contribution in [1.29, 1.82) is 0 Å². The van der Waals surface area contributed by atoms with Gasteiger partial charge in [-0.05, 0) is 85.8 Å². The Balaban J connectivity index is 0.00000533. The van der Waals surface area contributed by atoms with Gasteiger partial charge in [-0.2, -0.15) is 0 Å². The Morgan fingerprint density at radius 2 is 0.805 bits per heavy atom. The molecule has 1 heterocycles. The number of rotatable bonds is 16. The average molecular weight is 637 g/mol. The number of halogens is 2. The van der Waals surface area contributed by atoms with Gasteiger partial charge in [-0.25, -0.2) is 4.98 Å². The number of pyridine rings is 1. The summed E-state index contributed by atoms with van der Waals surface area (Å²) in [4.78, 5) is 14.9. The number of benzene rings is 2. The summed E-state index contributed by atoms with van der Waals surface area (Å²) in [7, 11) is 0. The first-order valence-corrected chi connectivity index (χ1v) is 15.0. The normalized spacial score (nSPS) is 10.8. The van der Waals surface area contributed by atoms with Gasteiger partial charge in [0, 0.05) is 0 Å². The number of hydrogen-bond donors (Lipinski definition) is 0. The summed E-state index contributed by atoms with van der Waals surface area (Å²) in [6.07, 6.45) is 17.6. The van der Waals surface area contributed by atoms with Crippen molar-refractivity contribution in [2.45, 2.75) is 105 Å². The van der Waals surface area contributed by atoms with Crippen LogP contribution in [0.15, 0.2) is 64.6 Å². The van der Waals surface area contributed by atoms with Gasteiger partial charge in [0.2, 0.25) is 0 Å². The monoisotopic (exact) mass is 635 g/mol. The van der Waals surface area contributed by atoms with E-state index in [2.05, 4.69) is 70.2 Å². The molecule has 0 atom stereocenters. The summed E-state index contributed by atoms with van der Waals surface area (Å²) in [6, 6.07) is 19.4. The van der Waals surface area contributed by atoms with Gasteiger partial charge in [0.05, 0.1) is 35.2 Å². The van der Waals surface area contributed by atoms with E-state index in [-0.39, 0.29) is 41.9 Å². The molecule has 0 unspecified atom stereocenters. The van der Waals surface area contributed by atoms with Gasteiger partial charge in [0.25, 0.3) is 0 Å². The largest absolute Gasteiger partial charge is 2.00 e. The van der Waals surface area contributed by atoms with E-state index in [1.54, 1.807) is 0 Å². The number of unbranched alkanes of at least 4 members (excludes halogenated alkanes) is 4. The first-order chi connectivity index (χ1) is 18.7. The fraction of sp³-hybridized carbons (Fsp3) is 0.457. The van der Waals surface area contributed by atoms with Gasteiger partial charge in [0.15, 0.2) is 0 Å². The van der Waals surface area contributed by atoms with Crippen LogP contribution in [-0.2, 0) is 42.8 Å². The van der Waals surface area contributed by atoms with Crippen LogP contribution in [-0.4, -0.2) is 17.4 Å². The minimum atomic E-state index is 0. The Labute approximate surface area is 272 Å². The van der Waals surface area contributed by atoms with Crippen LogP contribution in [0.25, 0.3) is 0 Å². The molecule has 41 heavy (non-hydrogen) atoms. The number of aromatic nitrogens is 1. The van der Waals surface area contributed by atoms with Gasteiger partial charge in [0.1, 0.15) is 0 Å². The van der Waals surface area contributed by atoms with Crippen LogP contribution in [0.2, 0.25) is 0 Å². The van der Waals surface area contributed by atoms with Crippen LogP contribution in [0, 0.1) is 0 Å². The van der Waals surface area contributed by atoms with Crippen molar-refractivity contribution in [1.82, 2.24) is 4.98 Å². The maximum Gasteiger partial charge on any atom is 2.00 e. The molecule has 0 N–H and O–H groups in total. The number of nitrogens with zero attached hydrogens (tertiary/aromatic N) is 3. The molecule has 0 saturated carbocycles. The summed E-state index contributed by atoms with van der Waals surface area (Å²) >= 11 is 0. The minimum absolute atomic E-state index is 0. The zero-order chi connectivity index (χ0) is 27.0. The van der Waals surface area contributed by atoms with Crippen LogP contribution >= 0.6 is 0 Å². The van der Waals surface area contributed by atoms with Gasteiger partial charge < -0.3 is 24.8 Å². The van der Waals surface area contributed by atoms with Crippen LogP contribution in [0.3, 0.4) is 0 Å². The van der Waals surface area contributed by atoms with Gasteiger partial charge in [-0.1, -0.05) is 95.8 Å². The Morgan fingerprint density at radius 1 is 0.512 bits per heavy atom. The molecule has 0 radical (unpaired) electrons. The fourth-order valence-electron chi connectivity index (χ4n) is 4.77. The van der Waals surface area contributed by atoms with Gasteiger partial charge in [-0.15, -0.1) is 0 Å². The van der Waals surface area contributed by atoms with E-state index < -0.39 is 0 Å². The van der Waals surface area contributed by atoms with Crippen molar-refractivity contribution in [2.75, 3.05) is 0 Å². The van der Waals surface area contributed by atoms with Crippen LogP contribution < -0.4 is 24.8 Å². The quantitative estimate of drug-likeness (QED) is 0.174. The molecule has 0 amide bonds. The Morgan fingerprint density at radius 3 is 1.10 bits per heavy atom. The molecule has 0 fully saturated rings. The summed E-state index contributed by atoms with van der Waals surface area (Å²) in [5, 5.41) is 0. The molecule has 0 aliphatic rings. The summed E-state index contributed by atoms with van der Waals surface area (Å²) in [6.45, 7) is 8.98.